The maximum absolute atomic E-state index is 5.67. The SMILES string of the molecule is BrCC1(C[C@@H]2CCCO2)CCC1. The van der Waals surface area contributed by atoms with Gasteiger partial charge < -0.3 is 4.74 Å². The van der Waals surface area contributed by atoms with Crippen molar-refractivity contribution in [2.75, 3.05) is 11.9 Å². The number of ether oxygens (including phenoxy) is 1. The molecular formula is C10H17BrO. The van der Waals surface area contributed by atoms with Crippen LogP contribution in [-0.4, -0.2) is 18.0 Å². The molecule has 0 N–H and O–H groups in total. The second-order valence-corrected chi connectivity index (χ2v) is 4.89. The summed E-state index contributed by atoms with van der Waals surface area (Å²) in [6, 6.07) is 0. The van der Waals surface area contributed by atoms with Crippen LogP contribution in [0.1, 0.15) is 38.5 Å². The Kier molecular flexibility index (Phi) is 2.75. The van der Waals surface area contributed by atoms with E-state index in [1.165, 1.54) is 43.9 Å². The van der Waals surface area contributed by atoms with Crippen molar-refractivity contribution in [1.82, 2.24) is 0 Å². The van der Waals surface area contributed by atoms with E-state index in [-0.39, 0.29) is 0 Å². The smallest absolute Gasteiger partial charge is 0.0581 e. The molecule has 2 rings (SSSR count). The lowest BCUT2D eigenvalue weighted by Gasteiger charge is -2.42. The number of rotatable bonds is 3. The zero-order valence-electron chi connectivity index (χ0n) is 7.52. The van der Waals surface area contributed by atoms with Crippen molar-refractivity contribution < 1.29 is 4.74 Å². The van der Waals surface area contributed by atoms with E-state index in [1.807, 2.05) is 0 Å². The predicted molar refractivity (Wildman–Crippen MR) is 53.7 cm³/mol. The summed E-state index contributed by atoms with van der Waals surface area (Å²) in [7, 11) is 0. The van der Waals surface area contributed by atoms with Crippen molar-refractivity contribution in [3.8, 4) is 0 Å². The Morgan fingerprint density at radius 3 is 2.58 bits per heavy atom. The highest BCUT2D eigenvalue weighted by Gasteiger charge is 2.38. The standard InChI is InChI=1S/C10H17BrO/c11-8-10(4-2-5-10)7-9-3-1-6-12-9/h9H,1-8H2/t9-/m0/s1. The first-order valence-corrected chi connectivity index (χ1v) is 6.14. The van der Waals surface area contributed by atoms with E-state index in [0.29, 0.717) is 11.5 Å². The van der Waals surface area contributed by atoms with Crippen LogP contribution in [0.2, 0.25) is 0 Å². The number of halogens is 1. The normalized spacial score (nSPS) is 33.2. The molecule has 0 bridgehead atoms. The summed E-state index contributed by atoms with van der Waals surface area (Å²) in [6.07, 6.45) is 8.73. The monoisotopic (exact) mass is 232 g/mol. The van der Waals surface area contributed by atoms with E-state index in [2.05, 4.69) is 15.9 Å². The number of hydrogen-bond acceptors (Lipinski definition) is 1. The lowest BCUT2D eigenvalue weighted by Crippen LogP contribution is -2.34. The summed E-state index contributed by atoms with van der Waals surface area (Å²) in [4.78, 5) is 0. The number of alkyl halides is 1. The van der Waals surface area contributed by atoms with E-state index in [1.54, 1.807) is 0 Å². The summed E-state index contributed by atoms with van der Waals surface area (Å²) in [5.74, 6) is 0. The lowest BCUT2D eigenvalue weighted by atomic mass is 9.67. The van der Waals surface area contributed by atoms with Gasteiger partial charge in [-0.1, -0.05) is 22.4 Å². The minimum absolute atomic E-state index is 0.586. The van der Waals surface area contributed by atoms with Crippen molar-refractivity contribution in [3.63, 3.8) is 0 Å². The van der Waals surface area contributed by atoms with E-state index in [0.717, 1.165) is 6.61 Å². The average Bonchev–Trinajstić information content (AvgIpc) is 2.49. The second-order valence-electron chi connectivity index (χ2n) is 4.33. The first-order chi connectivity index (χ1) is 5.85. The summed E-state index contributed by atoms with van der Waals surface area (Å²) in [5.41, 5.74) is 0.620. The average molecular weight is 233 g/mol. The van der Waals surface area contributed by atoms with Crippen LogP contribution in [0.3, 0.4) is 0 Å². The summed E-state index contributed by atoms with van der Waals surface area (Å²) >= 11 is 3.64. The minimum Gasteiger partial charge on any atom is -0.378 e. The van der Waals surface area contributed by atoms with Crippen LogP contribution in [0.4, 0.5) is 0 Å². The minimum atomic E-state index is 0.586. The van der Waals surface area contributed by atoms with Gasteiger partial charge in [-0.05, 0) is 37.5 Å². The molecule has 0 amide bonds. The molecule has 2 fully saturated rings. The molecule has 1 saturated heterocycles. The van der Waals surface area contributed by atoms with Gasteiger partial charge in [0.2, 0.25) is 0 Å². The van der Waals surface area contributed by atoms with Crippen LogP contribution in [-0.2, 0) is 4.74 Å². The fraction of sp³-hybridized carbons (Fsp3) is 1.00. The Bertz CT molecular complexity index is 142. The quantitative estimate of drug-likeness (QED) is 0.680. The second kappa shape index (κ2) is 3.67. The summed E-state index contributed by atoms with van der Waals surface area (Å²) in [6.45, 7) is 1.00. The molecule has 2 heteroatoms. The predicted octanol–water partition coefficient (Wildman–Crippen LogP) is 3.12. The molecule has 0 radical (unpaired) electrons. The maximum Gasteiger partial charge on any atom is 0.0581 e. The van der Waals surface area contributed by atoms with Crippen molar-refractivity contribution in [3.05, 3.63) is 0 Å². The molecule has 1 saturated carbocycles. The van der Waals surface area contributed by atoms with Crippen molar-refractivity contribution in [1.29, 1.82) is 0 Å². The summed E-state index contributed by atoms with van der Waals surface area (Å²) < 4.78 is 5.67. The van der Waals surface area contributed by atoms with Gasteiger partial charge in [0.1, 0.15) is 0 Å². The Morgan fingerprint density at radius 1 is 1.33 bits per heavy atom. The van der Waals surface area contributed by atoms with Crippen LogP contribution in [0.5, 0.6) is 0 Å². The molecular weight excluding hydrogens is 216 g/mol. The maximum atomic E-state index is 5.67. The highest BCUT2D eigenvalue weighted by molar-refractivity contribution is 9.09. The molecule has 0 aromatic rings. The van der Waals surface area contributed by atoms with Gasteiger partial charge in [-0.3, -0.25) is 0 Å². The highest BCUT2D eigenvalue weighted by Crippen LogP contribution is 2.47. The van der Waals surface area contributed by atoms with Crippen molar-refractivity contribution >= 4 is 15.9 Å². The molecule has 12 heavy (non-hydrogen) atoms. The van der Waals surface area contributed by atoms with Gasteiger partial charge in [-0.25, -0.2) is 0 Å². The van der Waals surface area contributed by atoms with Gasteiger partial charge in [0.15, 0.2) is 0 Å². The first-order valence-electron chi connectivity index (χ1n) is 5.02. The molecule has 1 atom stereocenters. The molecule has 0 unspecified atom stereocenters. The lowest BCUT2D eigenvalue weighted by molar-refractivity contribution is 0.0362. The molecule has 0 aromatic heterocycles. The van der Waals surface area contributed by atoms with Crippen LogP contribution in [0, 0.1) is 5.41 Å². The van der Waals surface area contributed by atoms with Gasteiger partial charge in [0.25, 0.3) is 0 Å². The Hall–Kier alpha value is 0.440. The molecule has 1 aliphatic heterocycles. The van der Waals surface area contributed by atoms with Gasteiger partial charge in [0.05, 0.1) is 6.10 Å². The fourth-order valence-electron chi connectivity index (χ4n) is 2.36. The third-order valence-corrected chi connectivity index (χ3v) is 4.57. The van der Waals surface area contributed by atoms with Crippen LogP contribution >= 0.6 is 15.9 Å². The van der Waals surface area contributed by atoms with Gasteiger partial charge >= 0.3 is 0 Å². The molecule has 0 spiro atoms. The van der Waals surface area contributed by atoms with Gasteiger partial charge in [0, 0.05) is 11.9 Å². The zero-order chi connectivity index (χ0) is 8.44. The third-order valence-electron chi connectivity index (χ3n) is 3.38. The van der Waals surface area contributed by atoms with E-state index in [9.17, 15) is 0 Å². The molecule has 1 nitrogen and oxygen atoms in total. The first kappa shape index (κ1) is 9.01. The molecule has 0 aromatic carbocycles. The highest BCUT2D eigenvalue weighted by atomic mass is 79.9. The van der Waals surface area contributed by atoms with E-state index in [4.69, 9.17) is 4.74 Å². The van der Waals surface area contributed by atoms with Crippen LogP contribution in [0.25, 0.3) is 0 Å². The van der Waals surface area contributed by atoms with E-state index < -0.39 is 0 Å². The number of hydrogen-bond donors (Lipinski definition) is 0. The largest absolute Gasteiger partial charge is 0.378 e. The third kappa shape index (κ3) is 1.69. The Labute approximate surface area is 83.0 Å². The molecule has 70 valence electrons. The Morgan fingerprint density at radius 2 is 2.17 bits per heavy atom. The Balaban J connectivity index is 1.83. The van der Waals surface area contributed by atoms with Gasteiger partial charge in [-0.15, -0.1) is 0 Å². The zero-order valence-corrected chi connectivity index (χ0v) is 9.11. The van der Waals surface area contributed by atoms with Gasteiger partial charge in [-0.2, -0.15) is 0 Å². The molecule has 1 aliphatic carbocycles. The van der Waals surface area contributed by atoms with Crippen molar-refractivity contribution in [2.45, 2.75) is 44.6 Å². The molecule has 2 aliphatic rings. The van der Waals surface area contributed by atoms with Crippen LogP contribution < -0.4 is 0 Å². The fourth-order valence-corrected chi connectivity index (χ4v) is 3.15. The summed E-state index contributed by atoms with van der Waals surface area (Å²) in [5, 5.41) is 1.18. The van der Waals surface area contributed by atoms with Crippen LogP contribution in [0.15, 0.2) is 0 Å². The molecule has 1 heterocycles. The topological polar surface area (TPSA) is 9.23 Å². The van der Waals surface area contributed by atoms with E-state index >= 15 is 0 Å². The van der Waals surface area contributed by atoms with Crippen molar-refractivity contribution in [2.24, 2.45) is 5.41 Å².